The lowest BCUT2D eigenvalue weighted by Gasteiger charge is -2.17. The first-order valence-corrected chi connectivity index (χ1v) is 8.14. The number of esters is 1. The number of hydrogen-bond acceptors (Lipinski definition) is 5. The highest BCUT2D eigenvalue weighted by Crippen LogP contribution is 2.36. The molecule has 4 nitrogen and oxygen atoms in total. The van der Waals surface area contributed by atoms with Gasteiger partial charge in [-0.2, -0.15) is 0 Å². The van der Waals surface area contributed by atoms with Crippen molar-refractivity contribution in [2.75, 3.05) is 0 Å². The molecule has 0 radical (unpaired) electrons. The molecule has 0 aromatic heterocycles. The van der Waals surface area contributed by atoms with Gasteiger partial charge >= 0.3 is 5.97 Å². The molecule has 0 fully saturated rings. The highest BCUT2D eigenvalue weighted by Gasteiger charge is 2.29. The number of ether oxygens (including phenoxy) is 1. The van der Waals surface area contributed by atoms with E-state index in [4.69, 9.17) is 4.74 Å². The molecule has 120 valence electrons. The number of aryl methyl sites for hydroxylation is 1. The number of hydrogen-bond donors (Lipinski definition) is 0. The van der Waals surface area contributed by atoms with Gasteiger partial charge in [0.15, 0.2) is 5.78 Å². The molecule has 24 heavy (non-hydrogen) atoms. The second kappa shape index (κ2) is 6.45. The quantitative estimate of drug-likeness (QED) is 0.626. The summed E-state index contributed by atoms with van der Waals surface area (Å²) < 4.78 is 5.05. The molecule has 0 unspecified atom stereocenters. The van der Waals surface area contributed by atoms with Crippen molar-refractivity contribution in [2.45, 2.75) is 18.7 Å². The van der Waals surface area contributed by atoms with Crippen LogP contribution in [0.4, 0.5) is 0 Å². The molecule has 1 aliphatic rings. The number of benzene rings is 2. The molecule has 0 bridgehead atoms. The molecule has 3 rings (SSSR count). The van der Waals surface area contributed by atoms with Crippen LogP contribution in [0.1, 0.15) is 33.2 Å². The zero-order chi connectivity index (χ0) is 17.3. The minimum atomic E-state index is -0.535. The number of ketones is 2. The Hall–Kier alpha value is -2.66. The molecular formula is C19H14O4S. The van der Waals surface area contributed by atoms with Crippen LogP contribution in [0.3, 0.4) is 0 Å². The van der Waals surface area contributed by atoms with Crippen molar-refractivity contribution >= 4 is 29.3 Å². The topological polar surface area (TPSA) is 60.4 Å². The highest BCUT2D eigenvalue weighted by atomic mass is 32.2. The van der Waals surface area contributed by atoms with Crippen LogP contribution in [0.25, 0.3) is 0 Å². The lowest BCUT2D eigenvalue weighted by molar-refractivity contribution is -0.131. The largest absolute Gasteiger partial charge is 0.426 e. The summed E-state index contributed by atoms with van der Waals surface area (Å²) in [5.74, 6) is -0.998. The SMILES string of the molecule is CC(=O)Oc1cccc2c1C(=O)C=C(Sc1ccc(C)cc1)C2=O. The zero-order valence-corrected chi connectivity index (χ0v) is 14.0. The molecule has 0 aliphatic heterocycles. The Balaban J connectivity index is 1.96. The summed E-state index contributed by atoms with van der Waals surface area (Å²) in [4.78, 5) is 37.6. The fourth-order valence-electron chi connectivity index (χ4n) is 2.41. The zero-order valence-electron chi connectivity index (χ0n) is 13.2. The van der Waals surface area contributed by atoms with Crippen molar-refractivity contribution in [2.24, 2.45) is 0 Å². The summed E-state index contributed by atoms with van der Waals surface area (Å²) in [6.07, 6.45) is 1.31. The average molecular weight is 338 g/mol. The number of rotatable bonds is 3. The van der Waals surface area contributed by atoms with Crippen molar-refractivity contribution in [3.8, 4) is 5.75 Å². The fraction of sp³-hybridized carbons (Fsp3) is 0.105. The van der Waals surface area contributed by atoms with Crippen LogP contribution in [0.5, 0.6) is 5.75 Å². The summed E-state index contributed by atoms with van der Waals surface area (Å²) in [5, 5.41) is 0. The number of Topliss-reactive ketones (excluding diaryl/α,β-unsaturated/α-hetero) is 1. The second-order valence-corrected chi connectivity index (χ2v) is 6.50. The summed E-state index contributed by atoms with van der Waals surface area (Å²) in [5.41, 5.74) is 1.53. The van der Waals surface area contributed by atoms with E-state index in [2.05, 4.69) is 0 Å². The Morgan fingerprint density at radius 1 is 1.04 bits per heavy atom. The Bertz CT molecular complexity index is 879. The van der Waals surface area contributed by atoms with E-state index >= 15 is 0 Å². The predicted molar refractivity (Wildman–Crippen MR) is 91.5 cm³/mol. The van der Waals surface area contributed by atoms with E-state index in [0.717, 1.165) is 10.5 Å². The van der Waals surface area contributed by atoms with Crippen LogP contribution in [0.2, 0.25) is 0 Å². The summed E-state index contributed by atoms with van der Waals surface area (Å²) >= 11 is 1.25. The average Bonchev–Trinajstić information content (AvgIpc) is 2.53. The molecular weight excluding hydrogens is 324 g/mol. The number of allylic oxidation sites excluding steroid dienone is 2. The number of carbonyl (C=O) groups is 3. The van der Waals surface area contributed by atoms with Gasteiger partial charge in [-0.05, 0) is 31.2 Å². The molecule has 0 atom stereocenters. The van der Waals surface area contributed by atoms with Crippen LogP contribution >= 0.6 is 11.8 Å². The van der Waals surface area contributed by atoms with Crippen LogP contribution in [-0.4, -0.2) is 17.5 Å². The maximum absolute atomic E-state index is 12.7. The summed E-state index contributed by atoms with van der Waals surface area (Å²) in [7, 11) is 0. The van der Waals surface area contributed by atoms with Gasteiger partial charge in [0.05, 0.1) is 10.5 Å². The maximum Gasteiger partial charge on any atom is 0.308 e. The first-order chi connectivity index (χ1) is 11.5. The molecule has 0 saturated carbocycles. The maximum atomic E-state index is 12.7. The van der Waals surface area contributed by atoms with Gasteiger partial charge in [-0.1, -0.05) is 35.5 Å². The summed E-state index contributed by atoms with van der Waals surface area (Å²) in [6.45, 7) is 3.23. The molecule has 1 aliphatic carbocycles. The van der Waals surface area contributed by atoms with E-state index in [1.54, 1.807) is 12.1 Å². The smallest absolute Gasteiger partial charge is 0.308 e. The third-order valence-electron chi connectivity index (χ3n) is 3.51. The number of fused-ring (bicyclic) bond motifs is 1. The van der Waals surface area contributed by atoms with E-state index in [1.807, 2.05) is 31.2 Å². The van der Waals surface area contributed by atoms with Gasteiger partial charge in [-0.3, -0.25) is 14.4 Å². The first-order valence-electron chi connectivity index (χ1n) is 7.32. The lowest BCUT2D eigenvalue weighted by Crippen LogP contribution is -2.18. The second-order valence-electron chi connectivity index (χ2n) is 5.39. The van der Waals surface area contributed by atoms with Crippen molar-refractivity contribution in [3.05, 3.63) is 70.1 Å². The van der Waals surface area contributed by atoms with Crippen LogP contribution in [-0.2, 0) is 4.79 Å². The molecule has 2 aromatic carbocycles. The van der Waals surface area contributed by atoms with Gasteiger partial charge in [0.2, 0.25) is 5.78 Å². The Morgan fingerprint density at radius 3 is 2.42 bits per heavy atom. The fourth-order valence-corrected chi connectivity index (χ4v) is 3.31. The standard InChI is InChI=1S/C19H14O4S/c1-11-6-8-13(9-7-11)24-17-10-15(21)18-14(19(17)22)4-3-5-16(18)23-12(2)20/h3-10H,1-2H3. The van der Waals surface area contributed by atoms with E-state index in [1.165, 1.54) is 30.8 Å². The molecule has 2 aromatic rings. The Labute approximate surface area is 143 Å². The van der Waals surface area contributed by atoms with Crippen LogP contribution < -0.4 is 4.74 Å². The van der Waals surface area contributed by atoms with E-state index in [0.29, 0.717) is 4.91 Å². The molecule has 0 N–H and O–H groups in total. The molecule has 0 spiro atoms. The molecule has 0 amide bonds. The molecule has 5 heteroatoms. The van der Waals surface area contributed by atoms with Gasteiger partial charge in [-0.25, -0.2) is 0 Å². The van der Waals surface area contributed by atoms with Gasteiger partial charge in [0.1, 0.15) is 5.75 Å². The van der Waals surface area contributed by atoms with Gasteiger partial charge in [-0.15, -0.1) is 0 Å². The third-order valence-corrected chi connectivity index (χ3v) is 4.54. The predicted octanol–water partition coefficient (Wildman–Crippen LogP) is 3.98. The minimum Gasteiger partial charge on any atom is -0.426 e. The lowest BCUT2D eigenvalue weighted by atomic mass is 9.94. The van der Waals surface area contributed by atoms with Gasteiger partial charge in [0.25, 0.3) is 0 Å². The highest BCUT2D eigenvalue weighted by molar-refractivity contribution is 8.04. The molecule has 0 saturated heterocycles. The van der Waals surface area contributed by atoms with Crippen molar-refractivity contribution in [3.63, 3.8) is 0 Å². The van der Waals surface area contributed by atoms with Crippen LogP contribution in [0.15, 0.2) is 58.3 Å². The van der Waals surface area contributed by atoms with Crippen molar-refractivity contribution in [1.82, 2.24) is 0 Å². The van der Waals surface area contributed by atoms with Crippen LogP contribution in [0, 0.1) is 6.92 Å². The number of carbonyl (C=O) groups excluding carboxylic acids is 3. The van der Waals surface area contributed by atoms with Gasteiger partial charge < -0.3 is 4.74 Å². The van der Waals surface area contributed by atoms with Crippen molar-refractivity contribution < 1.29 is 19.1 Å². The van der Waals surface area contributed by atoms with E-state index < -0.39 is 5.97 Å². The minimum absolute atomic E-state index is 0.119. The molecule has 0 heterocycles. The van der Waals surface area contributed by atoms with Crippen molar-refractivity contribution in [1.29, 1.82) is 0 Å². The Morgan fingerprint density at radius 2 is 1.75 bits per heavy atom. The monoisotopic (exact) mass is 338 g/mol. The van der Waals surface area contributed by atoms with E-state index in [-0.39, 0.29) is 28.4 Å². The van der Waals surface area contributed by atoms with Gasteiger partial charge in [0, 0.05) is 23.5 Å². The third kappa shape index (κ3) is 3.16. The number of thioether (sulfide) groups is 1. The Kier molecular flexibility index (Phi) is 4.36. The normalized spacial score (nSPS) is 13.3. The summed E-state index contributed by atoms with van der Waals surface area (Å²) in [6, 6.07) is 12.4. The first kappa shape index (κ1) is 16.2. The van der Waals surface area contributed by atoms with E-state index in [9.17, 15) is 14.4 Å².